The van der Waals surface area contributed by atoms with Crippen molar-refractivity contribution in [1.29, 1.82) is 0 Å². The fourth-order valence-electron chi connectivity index (χ4n) is 3.40. The Balaban J connectivity index is 1.98. The number of sulfonamides is 1. The minimum absolute atomic E-state index is 0.00705. The number of hydrogen-bond donors (Lipinski definition) is 0. The van der Waals surface area contributed by atoms with Gasteiger partial charge in [0.1, 0.15) is 5.82 Å². The minimum Gasteiger partial charge on any atom is -0.342 e. The van der Waals surface area contributed by atoms with Crippen molar-refractivity contribution in [3.05, 3.63) is 29.0 Å². The zero-order valence-electron chi connectivity index (χ0n) is 16.9. The Labute approximate surface area is 176 Å². The second-order valence-electron chi connectivity index (χ2n) is 7.01. The second-order valence-corrected chi connectivity index (χ2v) is 9.36. The standard InChI is InChI=1S/C19H27ClFN3O4S/c1-4-23(5-2)18(25)13-22(3)19(26)14-8-10-24(11-9-14)29(27,28)15-6-7-17(21)16(20)12-15/h6-7,12,14H,4-5,8-11,13H2,1-3H3. The van der Waals surface area contributed by atoms with Crippen LogP contribution < -0.4 is 0 Å². The van der Waals surface area contributed by atoms with Crippen molar-refractivity contribution >= 4 is 33.4 Å². The van der Waals surface area contributed by atoms with Crippen molar-refractivity contribution in [2.24, 2.45) is 5.92 Å². The van der Waals surface area contributed by atoms with Gasteiger partial charge in [0.05, 0.1) is 16.5 Å². The first-order valence-corrected chi connectivity index (χ1v) is 11.4. The van der Waals surface area contributed by atoms with E-state index in [2.05, 4.69) is 0 Å². The van der Waals surface area contributed by atoms with Gasteiger partial charge in [-0.25, -0.2) is 12.8 Å². The number of rotatable bonds is 7. The van der Waals surface area contributed by atoms with Crippen molar-refractivity contribution in [3.8, 4) is 0 Å². The van der Waals surface area contributed by atoms with Crippen LogP contribution in [0.4, 0.5) is 4.39 Å². The molecule has 0 aliphatic carbocycles. The summed E-state index contributed by atoms with van der Waals surface area (Å²) in [6.45, 7) is 5.29. The molecule has 0 atom stereocenters. The molecule has 1 saturated heterocycles. The summed E-state index contributed by atoms with van der Waals surface area (Å²) in [4.78, 5) is 27.9. The van der Waals surface area contributed by atoms with Gasteiger partial charge < -0.3 is 9.80 Å². The molecule has 0 N–H and O–H groups in total. The molecule has 0 unspecified atom stereocenters. The summed E-state index contributed by atoms with van der Waals surface area (Å²) in [5.41, 5.74) is 0. The molecule has 0 aromatic heterocycles. The number of nitrogens with zero attached hydrogens (tertiary/aromatic N) is 3. The average Bonchev–Trinajstić information content (AvgIpc) is 2.70. The highest BCUT2D eigenvalue weighted by molar-refractivity contribution is 7.89. The molecular formula is C19H27ClFN3O4S. The average molecular weight is 448 g/mol. The molecule has 0 saturated carbocycles. The van der Waals surface area contributed by atoms with E-state index in [1.165, 1.54) is 15.3 Å². The third-order valence-corrected chi connectivity index (χ3v) is 7.38. The molecule has 1 heterocycles. The third-order valence-electron chi connectivity index (χ3n) is 5.20. The van der Waals surface area contributed by atoms with E-state index < -0.39 is 15.8 Å². The molecule has 2 rings (SSSR count). The summed E-state index contributed by atoms with van der Waals surface area (Å²) in [6.07, 6.45) is 0.716. The normalized spacial score (nSPS) is 15.9. The quantitative estimate of drug-likeness (QED) is 0.642. The first-order valence-electron chi connectivity index (χ1n) is 9.59. The summed E-state index contributed by atoms with van der Waals surface area (Å²) in [7, 11) is -2.22. The van der Waals surface area contributed by atoms with Crippen LogP contribution in [-0.4, -0.2) is 74.1 Å². The van der Waals surface area contributed by atoms with Crippen LogP contribution in [0.3, 0.4) is 0 Å². The summed E-state index contributed by atoms with van der Waals surface area (Å²) in [5.74, 6) is -1.29. The number of carbonyl (C=O) groups excluding carboxylic acids is 2. The Morgan fingerprint density at radius 1 is 1.21 bits per heavy atom. The Kier molecular flexibility index (Phi) is 8.02. The SMILES string of the molecule is CCN(CC)C(=O)CN(C)C(=O)C1CCN(S(=O)(=O)c2ccc(F)c(Cl)c2)CC1. The maximum Gasteiger partial charge on any atom is 0.243 e. The summed E-state index contributed by atoms with van der Waals surface area (Å²) in [5, 5.41) is -0.254. The number of piperidine rings is 1. The monoisotopic (exact) mass is 447 g/mol. The lowest BCUT2D eigenvalue weighted by Crippen LogP contribution is -2.46. The van der Waals surface area contributed by atoms with E-state index in [1.54, 1.807) is 11.9 Å². The van der Waals surface area contributed by atoms with E-state index in [0.717, 1.165) is 12.1 Å². The van der Waals surface area contributed by atoms with Gasteiger partial charge in [0.15, 0.2) is 0 Å². The van der Waals surface area contributed by atoms with E-state index in [1.807, 2.05) is 13.8 Å². The van der Waals surface area contributed by atoms with Gasteiger partial charge in [-0.15, -0.1) is 0 Å². The van der Waals surface area contributed by atoms with Crippen LogP contribution >= 0.6 is 11.6 Å². The number of benzene rings is 1. The fourth-order valence-corrected chi connectivity index (χ4v) is 5.14. The summed E-state index contributed by atoms with van der Waals surface area (Å²) < 4.78 is 40.1. The molecule has 0 radical (unpaired) electrons. The number of amides is 2. The van der Waals surface area contributed by atoms with Crippen LogP contribution in [0, 0.1) is 11.7 Å². The second kappa shape index (κ2) is 9.86. The van der Waals surface area contributed by atoms with Crippen molar-refractivity contribution < 1.29 is 22.4 Å². The molecule has 29 heavy (non-hydrogen) atoms. The van der Waals surface area contributed by atoms with Crippen LogP contribution in [0.2, 0.25) is 5.02 Å². The van der Waals surface area contributed by atoms with Crippen molar-refractivity contribution in [3.63, 3.8) is 0 Å². The highest BCUT2D eigenvalue weighted by Crippen LogP contribution is 2.27. The topological polar surface area (TPSA) is 78.0 Å². The lowest BCUT2D eigenvalue weighted by Gasteiger charge is -2.33. The van der Waals surface area contributed by atoms with Gasteiger partial charge in [-0.05, 0) is 44.9 Å². The zero-order chi connectivity index (χ0) is 21.8. The van der Waals surface area contributed by atoms with E-state index in [0.29, 0.717) is 25.9 Å². The van der Waals surface area contributed by atoms with Gasteiger partial charge in [-0.3, -0.25) is 9.59 Å². The maximum absolute atomic E-state index is 13.3. The lowest BCUT2D eigenvalue weighted by atomic mass is 9.96. The molecular weight excluding hydrogens is 421 g/mol. The van der Waals surface area contributed by atoms with Crippen LogP contribution in [0.5, 0.6) is 0 Å². The van der Waals surface area contributed by atoms with Crippen LogP contribution in [0.1, 0.15) is 26.7 Å². The fraction of sp³-hybridized carbons (Fsp3) is 0.579. The first kappa shape index (κ1) is 23.6. The van der Waals surface area contributed by atoms with E-state index in [4.69, 9.17) is 11.6 Å². The summed E-state index contributed by atoms with van der Waals surface area (Å²) in [6, 6.07) is 3.30. The maximum atomic E-state index is 13.3. The summed E-state index contributed by atoms with van der Waals surface area (Å²) >= 11 is 5.70. The molecule has 1 aromatic rings. The number of likely N-dealkylation sites (N-methyl/N-ethyl adjacent to an activating group) is 2. The molecule has 7 nitrogen and oxygen atoms in total. The van der Waals surface area contributed by atoms with Crippen LogP contribution in [0.15, 0.2) is 23.1 Å². The molecule has 162 valence electrons. The minimum atomic E-state index is -3.81. The van der Waals surface area contributed by atoms with Gasteiger partial charge in [0.2, 0.25) is 21.8 Å². The Bertz CT molecular complexity index is 853. The van der Waals surface area contributed by atoms with E-state index >= 15 is 0 Å². The number of hydrogen-bond acceptors (Lipinski definition) is 4. The van der Waals surface area contributed by atoms with Crippen LogP contribution in [0.25, 0.3) is 0 Å². The molecule has 0 spiro atoms. The zero-order valence-corrected chi connectivity index (χ0v) is 18.5. The van der Waals surface area contributed by atoms with E-state index in [9.17, 15) is 22.4 Å². The largest absolute Gasteiger partial charge is 0.342 e. The molecule has 10 heteroatoms. The van der Waals surface area contributed by atoms with Crippen LogP contribution in [-0.2, 0) is 19.6 Å². The number of carbonyl (C=O) groups is 2. The Hall–Kier alpha value is -1.71. The highest BCUT2D eigenvalue weighted by atomic mass is 35.5. The molecule has 1 aliphatic heterocycles. The van der Waals surface area contributed by atoms with Gasteiger partial charge in [0, 0.05) is 39.1 Å². The lowest BCUT2D eigenvalue weighted by molar-refractivity contribution is -0.142. The molecule has 0 bridgehead atoms. The third kappa shape index (κ3) is 5.46. The predicted octanol–water partition coefficient (Wildman–Crippen LogP) is 2.21. The van der Waals surface area contributed by atoms with Gasteiger partial charge in [-0.2, -0.15) is 4.31 Å². The molecule has 1 aromatic carbocycles. The van der Waals surface area contributed by atoms with Gasteiger partial charge in [-0.1, -0.05) is 11.6 Å². The van der Waals surface area contributed by atoms with Gasteiger partial charge >= 0.3 is 0 Å². The first-order chi connectivity index (χ1) is 13.6. The smallest absolute Gasteiger partial charge is 0.243 e. The highest BCUT2D eigenvalue weighted by Gasteiger charge is 2.34. The Morgan fingerprint density at radius 2 is 1.79 bits per heavy atom. The van der Waals surface area contributed by atoms with Gasteiger partial charge in [0.25, 0.3) is 0 Å². The molecule has 1 fully saturated rings. The number of halogens is 2. The molecule has 2 amide bonds. The van der Waals surface area contributed by atoms with E-state index in [-0.39, 0.29) is 47.3 Å². The van der Waals surface area contributed by atoms with Crippen molar-refractivity contribution in [1.82, 2.24) is 14.1 Å². The van der Waals surface area contributed by atoms with Crippen molar-refractivity contribution in [2.75, 3.05) is 39.8 Å². The molecule has 1 aliphatic rings. The predicted molar refractivity (Wildman–Crippen MR) is 108 cm³/mol. The van der Waals surface area contributed by atoms with Crippen molar-refractivity contribution in [2.45, 2.75) is 31.6 Å². The Morgan fingerprint density at radius 3 is 2.31 bits per heavy atom.